The highest BCUT2D eigenvalue weighted by Gasteiger charge is 2.17. The highest BCUT2D eigenvalue weighted by Crippen LogP contribution is 2.38. The molecular formula is C21H12BrFN4. The Bertz CT molecular complexity index is 1280. The SMILES string of the molecule is Fc1ccc(-n2nc(Br)c3cc(-c4cccnc4)c4cnccc4c32)cc1. The van der Waals surface area contributed by atoms with Crippen molar-refractivity contribution < 1.29 is 4.39 Å². The molecule has 0 aliphatic rings. The van der Waals surface area contributed by atoms with Gasteiger partial charge in [0, 0.05) is 46.5 Å². The van der Waals surface area contributed by atoms with Crippen LogP contribution in [0.3, 0.4) is 0 Å². The Morgan fingerprint density at radius 2 is 1.67 bits per heavy atom. The van der Waals surface area contributed by atoms with Crippen LogP contribution >= 0.6 is 15.9 Å². The van der Waals surface area contributed by atoms with E-state index < -0.39 is 0 Å². The van der Waals surface area contributed by atoms with Crippen molar-refractivity contribution in [3.63, 3.8) is 0 Å². The molecule has 0 aliphatic heterocycles. The number of benzene rings is 2. The van der Waals surface area contributed by atoms with Crippen LogP contribution in [0.1, 0.15) is 0 Å². The first-order valence-corrected chi connectivity index (χ1v) is 9.13. The number of fused-ring (bicyclic) bond motifs is 3. The minimum absolute atomic E-state index is 0.276. The predicted molar refractivity (Wildman–Crippen MR) is 107 cm³/mol. The maximum absolute atomic E-state index is 13.4. The minimum Gasteiger partial charge on any atom is -0.264 e. The van der Waals surface area contributed by atoms with Gasteiger partial charge in [0.2, 0.25) is 0 Å². The first-order valence-electron chi connectivity index (χ1n) is 8.33. The van der Waals surface area contributed by atoms with Crippen LogP contribution in [0.25, 0.3) is 38.5 Å². The monoisotopic (exact) mass is 418 g/mol. The Balaban J connectivity index is 1.90. The zero-order valence-electron chi connectivity index (χ0n) is 14.0. The molecule has 0 saturated heterocycles. The van der Waals surface area contributed by atoms with E-state index in [4.69, 9.17) is 0 Å². The van der Waals surface area contributed by atoms with Crippen LogP contribution in [0.2, 0.25) is 0 Å². The molecule has 130 valence electrons. The van der Waals surface area contributed by atoms with E-state index in [9.17, 15) is 4.39 Å². The van der Waals surface area contributed by atoms with Crippen molar-refractivity contribution in [2.45, 2.75) is 0 Å². The van der Waals surface area contributed by atoms with E-state index >= 15 is 0 Å². The van der Waals surface area contributed by atoms with E-state index in [0.717, 1.165) is 43.1 Å². The Hall–Kier alpha value is -3.12. The molecule has 0 N–H and O–H groups in total. The Kier molecular flexibility index (Phi) is 3.72. The summed E-state index contributed by atoms with van der Waals surface area (Å²) in [5.74, 6) is -0.276. The fourth-order valence-electron chi connectivity index (χ4n) is 3.36. The van der Waals surface area contributed by atoms with Crippen LogP contribution in [-0.4, -0.2) is 19.7 Å². The fourth-order valence-corrected chi connectivity index (χ4v) is 3.82. The van der Waals surface area contributed by atoms with Crippen molar-refractivity contribution in [1.29, 1.82) is 0 Å². The van der Waals surface area contributed by atoms with Crippen molar-refractivity contribution in [2.75, 3.05) is 0 Å². The lowest BCUT2D eigenvalue weighted by atomic mass is 9.98. The zero-order valence-corrected chi connectivity index (χ0v) is 15.6. The van der Waals surface area contributed by atoms with Gasteiger partial charge in [0.15, 0.2) is 0 Å². The highest BCUT2D eigenvalue weighted by molar-refractivity contribution is 9.10. The molecule has 3 heterocycles. The molecule has 3 aromatic heterocycles. The first kappa shape index (κ1) is 16.1. The Morgan fingerprint density at radius 1 is 0.852 bits per heavy atom. The van der Waals surface area contributed by atoms with E-state index in [1.165, 1.54) is 12.1 Å². The number of nitrogens with zero attached hydrogens (tertiary/aromatic N) is 4. The molecule has 27 heavy (non-hydrogen) atoms. The Labute approximate surface area is 162 Å². The maximum Gasteiger partial charge on any atom is 0.136 e. The van der Waals surface area contributed by atoms with Crippen molar-refractivity contribution in [1.82, 2.24) is 19.7 Å². The van der Waals surface area contributed by atoms with Crippen molar-refractivity contribution in [3.8, 4) is 16.8 Å². The highest BCUT2D eigenvalue weighted by atomic mass is 79.9. The summed E-state index contributed by atoms with van der Waals surface area (Å²) in [6.45, 7) is 0. The van der Waals surface area contributed by atoms with Crippen LogP contribution < -0.4 is 0 Å². The van der Waals surface area contributed by atoms with Crippen LogP contribution in [0.5, 0.6) is 0 Å². The molecule has 0 radical (unpaired) electrons. The lowest BCUT2D eigenvalue weighted by molar-refractivity contribution is 0.627. The largest absolute Gasteiger partial charge is 0.264 e. The summed E-state index contributed by atoms with van der Waals surface area (Å²) in [6, 6.07) is 14.3. The average Bonchev–Trinajstić information content (AvgIpc) is 3.05. The van der Waals surface area contributed by atoms with Crippen molar-refractivity contribution in [3.05, 3.63) is 83.7 Å². The molecule has 0 amide bonds. The third kappa shape index (κ3) is 2.61. The summed E-state index contributed by atoms with van der Waals surface area (Å²) in [4.78, 5) is 8.56. The quantitative estimate of drug-likeness (QED) is 0.378. The second-order valence-corrected chi connectivity index (χ2v) is 6.91. The smallest absolute Gasteiger partial charge is 0.136 e. The van der Waals surface area contributed by atoms with Crippen molar-refractivity contribution >= 4 is 37.6 Å². The minimum atomic E-state index is -0.276. The third-order valence-electron chi connectivity index (χ3n) is 4.58. The molecule has 0 saturated carbocycles. The molecule has 0 atom stereocenters. The van der Waals surface area contributed by atoms with Gasteiger partial charge in [-0.25, -0.2) is 9.07 Å². The van der Waals surface area contributed by atoms with Gasteiger partial charge in [-0.1, -0.05) is 6.07 Å². The topological polar surface area (TPSA) is 43.6 Å². The second kappa shape index (κ2) is 6.25. The number of aromatic nitrogens is 4. The van der Waals surface area contributed by atoms with E-state index in [-0.39, 0.29) is 5.82 Å². The van der Waals surface area contributed by atoms with E-state index in [1.54, 1.807) is 24.5 Å². The average molecular weight is 419 g/mol. The number of hydrogen-bond acceptors (Lipinski definition) is 3. The van der Waals surface area contributed by atoms with Gasteiger partial charge in [-0.2, -0.15) is 5.10 Å². The molecule has 0 unspecified atom stereocenters. The molecular weight excluding hydrogens is 407 g/mol. The molecule has 2 aromatic carbocycles. The zero-order chi connectivity index (χ0) is 18.4. The van der Waals surface area contributed by atoms with E-state index in [1.807, 2.05) is 35.3 Å². The number of hydrogen-bond donors (Lipinski definition) is 0. The van der Waals surface area contributed by atoms with Gasteiger partial charge in [-0.15, -0.1) is 0 Å². The molecule has 0 aliphatic carbocycles. The summed E-state index contributed by atoms with van der Waals surface area (Å²) in [5.41, 5.74) is 3.79. The molecule has 4 nitrogen and oxygen atoms in total. The predicted octanol–water partition coefficient (Wildman–Crippen LogP) is 5.54. The first-order chi connectivity index (χ1) is 13.2. The molecule has 0 spiro atoms. The van der Waals surface area contributed by atoms with Gasteiger partial charge < -0.3 is 0 Å². The van der Waals surface area contributed by atoms with E-state index in [0.29, 0.717) is 0 Å². The van der Waals surface area contributed by atoms with Crippen molar-refractivity contribution in [2.24, 2.45) is 0 Å². The lowest BCUT2D eigenvalue weighted by Crippen LogP contribution is -1.97. The van der Waals surface area contributed by atoms with E-state index in [2.05, 4.69) is 37.1 Å². The third-order valence-corrected chi connectivity index (χ3v) is 5.16. The van der Waals surface area contributed by atoms with Gasteiger partial charge in [0.25, 0.3) is 0 Å². The fraction of sp³-hybridized carbons (Fsp3) is 0. The Morgan fingerprint density at radius 3 is 2.44 bits per heavy atom. The normalized spacial score (nSPS) is 11.3. The summed E-state index contributed by atoms with van der Waals surface area (Å²) in [6.07, 6.45) is 7.22. The summed E-state index contributed by atoms with van der Waals surface area (Å²) >= 11 is 3.58. The molecule has 0 bridgehead atoms. The van der Waals surface area contributed by atoms with Crippen LogP contribution in [0, 0.1) is 5.82 Å². The van der Waals surface area contributed by atoms with Gasteiger partial charge in [0.05, 0.1) is 11.2 Å². The summed E-state index contributed by atoms with van der Waals surface area (Å²) in [7, 11) is 0. The second-order valence-electron chi connectivity index (χ2n) is 6.16. The lowest BCUT2D eigenvalue weighted by Gasteiger charge is -2.10. The van der Waals surface area contributed by atoms with Gasteiger partial charge >= 0.3 is 0 Å². The summed E-state index contributed by atoms with van der Waals surface area (Å²) in [5, 5.41) is 7.64. The molecule has 5 aromatic rings. The standard InChI is InChI=1S/C21H12BrFN4/c22-21-18-10-17(13-2-1-8-24-11-13)19-12-25-9-7-16(19)20(18)27(26-21)15-5-3-14(23)4-6-15/h1-12H. The number of rotatable bonds is 2. The number of pyridine rings is 2. The van der Waals surface area contributed by atoms with Gasteiger partial charge in [0.1, 0.15) is 10.4 Å². The molecule has 0 fully saturated rings. The van der Waals surface area contributed by atoms with Crippen LogP contribution in [0.15, 0.2) is 77.9 Å². The van der Waals surface area contributed by atoms with Crippen LogP contribution in [-0.2, 0) is 0 Å². The maximum atomic E-state index is 13.4. The molecule has 6 heteroatoms. The molecule has 5 rings (SSSR count). The number of halogens is 2. The van der Waals surface area contributed by atoms with Gasteiger partial charge in [-0.3, -0.25) is 9.97 Å². The van der Waals surface area contributed by atoms with Gasteiger partial charge in [-0.05, 0) is 64.0 Å². The summed E-state index contributed by atoms with van der Waals surface area (Å²) < 4.78 is 15.9. The van der Waals surface area contributed by atoms with Crippen LogP contribution in [0.4, 0.5) is 4.39 Å².